The topological polar surface area (TPSA) is 93.7 Å². The van der Waals surface area contributed by atoms with Crippen LogP contribution >= 0.6 is 0 Å². The van der Waals surface area contributed by atoms with Gasteiger partial charge in [0.25, 0.3) is 5.56 Å². The molecule has 7 nitrogen and oxygen atoms in total. The summed E-state index contributed by atoms with van der Waals surface area (Å²) in [5, 5.41) is 18.9. The fraction of sp³-hybridized carbons (Fsp3) is 0.733. The molecule has 0 aromatic carbocycles. The van der Waals surface area contributed by atoms with Gasteiger partial charge in [0, 0.05) is 24.7 Å². The second-order valence-corrected chi connectivity index (χ2v) is 5.82. The van der Waals surface area contributed by atoms with E-state index >= 15 is 0 Å². The number of halogens is 1. The van der Waals surface area contributed by atoms with E-state index in [-0.39, 0.29) is 25.1 Å². The normalized spacial score (nSPS) is 24.3. The van der Waals surface area contributed by atoms with E-state index < -0.39 is 30.8 Å². The number of aliphatic hydroxyl groups is 2. The minimum atomic E-state index is -0.859. The SMILES string of the molecule is Cc1cn([C@H]2C[C@H](O)[C@@H](CO)O2)c(=O)n(CCCCC[18F])c1=O. The van der Waals surface area contributed by atoms with Crippen LogP contribution in [0.4, 0.5) is 4.39 Å². The quantitative estimate of drug-likeness (QED) is 0.692. The third-order valence-corrected chi connectivity index (χ3v) is 4.08. The van der Waals surface area contributed by atoms with E-state index in [0.29, 0.717) is 24.8 Å². The largest absolute Gasteiger partial charge is 0.394 e. The fourth-order valence-corrected chi connectivity index (χ4v) is 2.75. The number of hydrogen-bond donors (Lipinski definition) is 2. The highest BCUT2D eigenvalue weighted by Crippen LogP contribution is 2.27. The molecule has 0 unspecified atom stereocenters. The van der Waals surface area contributed by atoms with E-state index in [1.807, 2.05) is 0 Å². The number of ether oxygens (including phenoxy) is 1. The Morgan fingerprint density at radius 1 is 1.35 bits per heavy atom. The summed E-state index contributed by atoms with van der Waals surface area (Å²) >= 11 is 0. The average molecular weight is 329 g/mol. The van der Waals surface area contributed by atoms with Crippen molar-refractivity contribution in [3.63, 3.8) is 0 Å². The molecule has 1 saturated heterocycles. The third-order valence-electron chi connectivity index (χ3n) is 4.08. The number of aromatic nitrogens is 2. The Morgan fingerprint density at radius 3 is 2.70 bits per heavy atom. The molecule has 2 heterocycles. The Balaban J connectivity index is 2.26. The van der Waals surface area contributed by atoms with Gasteiger partial charge in [0.1, 0.15) is 12.3 Å². The first-order chi connectivity index (χ1) is 11.0. The summed E-state index contributed by atoms with van der Waals surface area (Å²) in [7, 11) is 0. The second-order valence-electron chi connectivity index (χ2n) is 5.82. The highest BCUT2D eigenvalue weighted by atomic mass is 18.2. The maximum absolute atomic E-state index is 12.5. The third kappa shape index (κ3) is 3.88. The van der Waals surface area contributed by atoms with E-state index in [2.05, 4.69) is 0 Å². The zero-order chi connectivity index (χ0) is 17.0. The lowest BCUT2D eigenvalue weighted by molar-refractivity contribution is -0.0464. The Labute approximate surface area is 132 Å². The van der Waals surface area contributed by atoms with Crippen molar-refractivity contribution >= 4 is 0 Å². The number of nitrogens with zero attached hydrogens (tertiary/aromatic N) is 2. The molecular formula is C15H23FN2O5. The van der Waals surface area contributed by atoms with Gasteiger partial charge in [-0.25, -0.2) is 4.79 Å². The molecule has 1 aromatic heterocycles. The van der Waals surface area contributed by atoms with Gasteiger partial charge in [0.05, 0.1) is 19.4 Å². The lowest BCUT2D eigenvalue weighted by atomic mass is 10.2. The van der Waals surface area contributed by atoms with Crippen molar-refractivity contribution in [3.8, 4) is 0 Å². The van der Waals surface area contributed by atoms with Crippen molar-refractivity contribution in [2.45, 2.75) is 57.6 Å². The standard InChI is InChI=1S/C15H23FN2O5/c1-10-8-18(13-7-11(20)12(9-19)23-13)15(22)17(14(10)21)6-4-2-3-5-16/h8,11-13,19-20H,2-7,9H2,1H3/t11-,12+,13+/m0/s1/i16-1. The van der Waals surface area contributed by atoms with Crippen LogP contribution in [0.25, 0.3) is 0 Å². The maximum atomic E-state index is 12.5. The molecule has 1 aromatic rings. The number of unbranched alkanes of at least 4 members (excludes halogenated alkanes) is 2. The lowest BCUT2D eigenvalue weighted by Crippen LogP contribution is -2.42. The number of alkyl halides is 1. The Kier molecular flexibility index (Phi) is 6.09. The van der Waals surface area contributed by atoms with Gasteiger partial charge in [0.2, 0.25) is 0 Å². The molecule has 0 radical (unpaired) electrons. The molecule has 8 heteroatoms. The van der Waals surface area contributed by atoms with E-state index in [1.165, 1.54) is 10.8 Å². The molecule has 0 spiro atoms. The minimum Gasteiger partial charge on any atom is -0.394 e. The predicted octanol–water partition coefficient (Wildman–Crippen LogP) is 0.0989. The van der Waals surface area contributed by atoms with Crippen LogP contribution in [0.15, 0.2) is 15.8 Å². The highest BCUT2D eigenvalue weighted by Gasteiger charge is 2.35. The van der Waals surface area contributed by atoms with Gasteiger partial charge in [-0.3, -0.25) is 18.3 Å². The van der Waals surface area contributed by atoms with Crippen molar-refractivity contribution in [1.82, 2.24) is 9.13 Å². The van der Waals surface area contributed by atoms with Crippen LogP contribution < -0.4 is 11.2 Å². The zero-order valence-corrected chi connectivity index (χ0v) is 13.2. The minimum absolute atomic E-state index is 0.171. The molecule has 130 valence electrons. The van der Waals surface area contributed by atoms with Gasteiger partial charge in [-0.15, -0.1) is 0 Å². The van der Waals surface area contributed by atoms with Gasteiger partial charge in [-0.05, 0) is 26.2 Å². The maximum Gasteiger partial charge on any atom is 0.333 e. The summed E-state index contributed by atoms with van der Waals surface area (Å²) in [5.74, 6) is 0. The Hall–Kier alpha value is -1.51. The van der Waals surface area contributed by atoms with Crippen molar-refractivity contribution in [2.75, 3.05) is 13.3 Å². The van der Waals surface area contributed by atoms with Gasteiger partial charge in [-0.1, -0.05) is 0 Å². The number of aryl methyl sites for hydroxylation is 1. The van der Waals surface area contributed by atoms with Crippen LogP contribution in [0, 0.1) is 6.92 Å². The van der Waals surface area contributed by atoms with Crippen molar-refractivity contribution in [3.05, 3.63) is 32.6 Å². The first-order valence-corrected chi connectivity index (χ1v) is 7.82. The molecule has 0 bridgehead atoms. The van der Waals surface area contributed by atoms with Crippen LogP contribution in [-0.2, 0) is 11.3 Å². The summed E-state index contributed by atoms with van der Waals surface area (Å²) in [4.78, 5) is 24.7. The molecule has 2 rings (SSSR count). The van der Waals surface area contributed by atoms with Gasteiger partial charge in [-0.2, -0.15) is 0 Å². The highest BCUT2D eigenvalue weighted by molar-refractivity contribution is 5.04. The molecule has 1 aliphatic heterocycles. The molecule has 0 saturated carbocycles. The zero-order valence-electron chi connectivity index (χ0n) is 13.2. The molecule has 3 atom stereocenters. The molecule has 23 heavy (non-hydrogen) atoms. The van der Waals surface area contributed by atoms with Crippen molar-refractivity contribution in [2.24, 2.45) is 0 Å². The second kappa shape index (κ2) is 7.85. The summed E-state index contributed by atoms with van der Waals surface area (Å²) in [6.45, 7) is 1.07. The molecule has 1 aliphatic rings. The van der Waals surface area contributed by atoms with E-state index in [9.17, 15) is 19.1 Å². The molecular weight excluding hydrogens is 306 g/mol. The van der Waals surface area contributed by atoms with Gasteiger partial charge in [0.15, 0.2) is 0 Å². The number of rotatable bonds is 7. The smallest absolute Gasteiger partial charge is 0.333 e. The molecule has 0 amide bonds. The first kappa shape index (κ1) is 17.8. The lowest BCUT2D eigenvalue weighted by Gasteiger charge is -2.17. The van der Waals surface area contributed by atoms with E-state index in [4.69, 9.17) is 9.84 Å². The summed E-state index contributed by atoms with van der Waals surface area (Å²) < 4.78 is 20.0. The number of hydrogen-bond acceptors (Lipinski definition) is 5. The van der Waals surface area contributed by atoms with Crippen LogP contribution in [-0.4, -0.2) is 44.8 Å². The summed E-state index contributed by atoms with van der Waals surface area (Å²) in [5.41, 5.74) is -0.499. The van der Waals surface area contributed by atoms with E-state index in [1.54, 1.807) is 6.92 Å². The van der Waals surface area contributed by atoms with E-state index in [0.717, 1.165) is 4.57 Å². The Bertz CT molecular complexity index is 642. The van der Waals surface area contributed by atoms with Crippen molar-refractivity contribution < 1.29 is 19.3 Å². The monoisotopic (exact) mass is 329 g/mol. The first-order valence-electron chi connectivity index (χ1n) is 7.82. The van der Waals surface area contributed by atoms with Crippen molar-refractivity contribution in [1.29, 1.82) is 0 Å². The molecule has 0 aliphatic carbocycles. The summed E-state index contributed by atoms with van der Waals surface area (Å²) in [6, 6.07) is 0. The van der Waals surface area contributed by atoms with Gasteiger partial charge >= 0.3 is 5.69 Å². The van der Waals surface area contributed by atoms with Crippen LogP contribution in [0.3, 0.4) is 0 Å². The summed E-state index contributed by atoms with van der Waals surface area (Å²) in [6.07, 6.45) is 0.817. The van der Waals surface area contributed by atoms with Crippen LogP contribution in [0.1, 0.15) is 37.5 Å². The average Bonchev–Trinajstić information content (AvgIpc) is 2.91. The van der Waals surface area contributed by atoms with Gasteiger partial charge < -0.3 is 14.9 Å². The predicted molar refractivity (Wildman–Crippen MR) is 81.1 cm³/mol. The van der Waals surface area contributed by atoms with Crippen LogP contribution in [0.5, 0.6) is 0 Å². The van der Waals surface area contributed by atoms with Crippen LogP contribution in [0.2, 0.25) is 0 Å². The fourth-order valence-electron chi connectivity index (χ4n) is 2.75. The molecule has 2 N–H and O–H groups in total. The molecule has 1 fully saturated rings. The Morgan fingerprint density at radius 2 is 2.09 bits per heavy atom. The number of aliphatic hydroxyl groups excluding tert-OH is 2.